The van der Waals surface area contributed by atoms with Gasteiger partial charge in [-0.2, -0.15) is 26.3 Å². The van der Waals surface area contributed by atoms with Gasteiger partial charge in [0.15, 0.2) is 10.8 Å². The van der Waals surface area contributed by atoms with Crippen molar-refractivity contribution in [2.45, 2.75) is 12.8 Å². The van der Waals surface area contributed by atoms with Crippen LogP contribution in [0.3, 0.4) is 0 Å². The Bertz CT molecular complexity index is 564. The highest BCUT2D eigenvalue weighted by molar-refractivity contribution is 5.46. The van der Waals surface area contributed by atoms with Gasteiger partial charge in [-0.05, 0) is 0 Å². The maximum absolute atomic E-state index is 9.03. The molecule has 0 heterocycles. The number of allylic oxidation sites excluding steroid dienone is 2. The van der Waals surface area contributed by atoms with Crippen LogP contribution in [0, 0.1) is 67.5 Å². The summed E-state index contributed by atoms with van der Waals surface area (Å²) in [6.07, 6.45) is -0.440. The lowest BCUT2D eigenvalue weighted by Gasteiger charge is -2.32. The Kier molecular flexibility index (Phi) is 2.74. The third-order valence-corrected chi connectivity index (χ3v) is 2.78. The maximum atomic E-state index is 9.03. The average molecular weight is 222 g/mol. The zero-order valence-corrected chi connectivity index (χ0v) is 8.73. The molecule has 1 rings (SSSR count). The fraction of sp³-hybridized carbons (Fsp3) is 0.364. The summed E-state index contributed by atoms with van der Waals surface area (Å²) in [4.78, 5) is 0. The van der Waals surface area contributed by atoms with Crippen molar-refractivity contribution in [2.75, 3.05) is 0 Å². The van der Waals surface area contributed by atoms with Gasteiger partial charge in [-0.25, -0.2) is 0 Å². The van der Waals surface area contributed by atoms with Crippen LogP contribution in [0.2, 0.25) is 0 Å². The average Bonchev–Trinajstić information content (AvgIpc) is 2.40. The van der Waals surface area contributed by atoms with Crippen molar-refractivity contribution in [3.05, 3.63) is 11.3 Å². The summed E-state index contributed by atoms with van der Waals surface area (Å²) >= 11 is 0. The van der Waals surface area contributed by atoms with Gasteiger partial charge in [-0.3, -0.25) is 0 Å². The number of hydrogen-bond acceptors (Lipinski definition) is 6. The maximum Gasteiger partial charge on any atom is 0.186 e. The molecule has 0 unspecified atom stereocenters. The van der Waals surface area contributed by atoms with Gasteiger partial charge in [-0.1, -0.05) is 0 Å². The lowest BCUT2D eigenvalue weighted by Crippen LogP contribution is -2.38. The first-order valence-electron chi connectivity index (χ1n) is 4.57. The monoisotopic (exact) mass is 222 g/mol. The van der Waals surface area contributed by atoms with Gasteiger partial charge in [0.2, 0.25) is 0 Å². The van der Waals surface area contributed by atoms with Gasteiger partial charge >= 0.3 is 0 Å². The number of nitriles is 5. The molecule has 0 saturated carbocycles. The summed E-state index contributed by atoms with van der Waals surface area (Å²) in [5.41, 5.74) is 2.12. The molecule has 0 fully saturated rings. The standard InChI is InChI=1S/C11H6N6/c12-2-8-1-10(4-13,5-14)3-11(6-15,7-16)9(8)17/h1,3,17H2. The molecule has 0 radical (unpaired) electrons. The van der Waals surface area contributed by atoms with Crippen molar-refractivity contribution in [1.29, 1.82) is 26.3 Å². The molecule has 17 heavy (non-hydrogen) atoms. The molecule has 0 spiro atoms. The molecule has 6 heteroatoms. The second-order valence-electron chi connectivity index (χ2n) is 3.79. The second kappa shape index (κ2) is 3.86. The molecule has 0 aromatic carbocycles. The van der Waals surface area contributed by atoms with E-state index in [2.05, 4.69) is 0 Å². The Morgan fingerprint density at radius 2 is 1.47 bits per heavy atom. The van der Waals surface area contributed by atoms with Crippen LogP contribution < -0.4 is 5.73 Å². The van der Waals surface area contributed by atoms with E-state index in [-0.39, 0.29) is 24.1 Å². The van der Waals surface area contributed by atoms with Crippen LogP contribution in [0.15, 0.2) is 11.3 Å². The Morgan fingerprint density at radius 3 is 1.82 bits per heavy atom. The zero-order chi connectivity index (χ0) is 13.1. The highest BCUT2D eigenvalue weighted by Gasteiger charge is 2.50. The van der Waals surface area contributed by atoms with E-state index >= 15 is 0 Å². The highest BCUT2D eigenvalue weighted by Crippen LogP contribution is 2.46. The zero-order valence-electron chi connectivity index (χ0n) is 8.73. The van der Waals surface area contributed by atoms with E-state index in [1.54, 1.807) is 30.3 Å². The summed E-state index contributed by atoms with van der Waals surface area (Å²) in [5.74, 6) is 0. The third kappa shape index (κ3) is 1.53. The topological polar surface area (TPSA) is 145 Å². The Hall–Kier alpha value is -3.01. The van der Waals surface area contributed by atoms with Crippen LogP contribution in [-0.4, -0.2) is 0 Å². The van der Waals surface area contributed by atoms with Crippen molar-refractivity contribution < 1.29 is 0 Å². The normalized spacial score (nSPS) is 19.9. The summed E-state index contributed by atoms with van der Waals surface area (Å²) < 4.78 is 0. The predicted molar refractivity (Wildman–Crippen MR) is 53.4 cm³/mol. The van der Waals surface area contributed by atoms with E-state index in [1.165, 1.54) is 0 Å². The van der Waals surface area contributed by atoms with Gasteiger partial charge < -0.3 is 5.73 Å². The van der Waals surface area contributed by atoms with Gasteiger partial charge in [0.25, 0.3) is 0 Å². The summed E-state index contributed by atoms with van der Waals surface area (Å²) in [6, 6.07) is 8.71. The van der Waals surface area contributed by atoms with Crippen molar-refractivity contribution in [2.24, 2.45) is 16.6 Å². The van der Waals surface area contributed by atoms with E-state index in [0.29, 0.717) is 0 Å². The van der Waals surface area contributed by atoms with E-state index in [9.17, 15) is 0 Å². The summed E-state index contributed by atoms with van der Waals surface area (Å²) in [5, 5.41) is 45.0. The van der Waals surface area contributed by atoms with Gasteiger partial charge in [0.05, 0.1) is 41.6 Å². The van der Waals surface area contributed by atoms with Gasteiger partial charge in [-0.15, -0.1) is 0 Å². The van der Waals surface area contributed by atoms with Crippen molar-refractivity contribution in [1.82, 2.24) is 0 Å². The summed E-state index contributed by atoms with van der Waals surface area (Å²) in [6.45, 7) is 0. The molecule has 0 bridgehead atoms. The molecule has 0 atom stereocenters. The number of hydrogen-bond donors (Lipinski definition) is 1. The second-order valence-corrected chi connectivity index (χ2v) is 3.79. The van der Waals surface area contributed by atoms with Gasteiger partial charge in [0.1, 0.15) is 0 Å². The molecule has 1 aliphatic carbocycles. The molecular formula is C11H6N6. The van der Waals surface area contributed by atoms with Crippen molar-refractivity contribution in [3.8, 4) is 30.3 Å². The molecule has 6 nitrogen and oxygen atoms in total. The number of nitrogens with two attached hydrogens (primary N) is 1. The molecule has 0 aliphatic heterocycles. The Labute approximate surface area is 98.0 Å². The van der Waals surface area contributed by atoms with E-state index < -0.39 is 10.8 Å². The Morgan fingerprint density at radius 1 is 0.941 bits per heavy atom. The highest BCUT2D eigenvalue weighted by atomic mass is 14.7. The Balaban J connectivity index is 3.56. The molecule has 1 aliphatic rings. The molecule has 0 aromatic rings. The van der Waals surface area contributed by atoms with Crippen molar-refractivity contribution in [3.63, 3.8) is 0 Å². The van der Waals surface area contributed by atoms with E-state index in [4.69, 9.17) is 32.0 Å². The van der Waals surface area contributed by atoms with Crippen LogP contribution in [0.5, 0.6) is 0 Å². The predicted octanol–water partition coefficient (Wildman–Crippen LogP) is 0.584. The first-order chi connectivity index (χ1) is 8.03. The lowest BCUT2D eigenvalue weighted by molar-refractivity contribution is 0.351. The first-order valence-corrected chi connectivity index (χ1v) is 4.57. The number of nitrogens with zero attached hydrogens (tertiary/aromatic N) is 5. The molecule has 0 amide bonds. The largest absolute Gasteiger partial charge is 0.399 e. The molecule has 80 valence electrons. The number of rotatable bonds is 0. The minimum Gasteiger partial charge on any atom is -0.399 e. The summed E-state index contributed by atoms with van der Waals surface area (Å²) in [7, 11) is 0. The minimum atomic E-state index is -1.77. The van der Waals surface area contributed by atoms with Crippen LogP contribution >= 0.6 is 0 Å². The lowest BCUT2D eigenvalue weighted by atomic mass is 9.64. The van der Waals surface area contributed by atoms with Crippen LogP contribution in [0.25, 0.3) is 0 Å². The van der Waals surface area contributed by atoms with Crippen LogP contribution in [0.1, 0.15) is 12.8 Å². The van der Waals surface area contributed by atoms with Crippen molar-refractivity contribution >= 4 is 0 Å². The molecule has 2 N–H and O–H groups in total. The molecule has 0 aromatic heterocycles. The van der Waals surface area contributed by atoms with Gasteiger partial charge in [0, 0.05) is 12.8 Å². The van der Waals surface area contributed by atoms with Crippen LogP contribution in [0.4, 0.5) is 0 Å². The fourth-order valence-corrected chi connectivity index (χ4v) is 1.77. The van der Waals surface area contributed by atoms with E-state index in [1.807, 2.05) is 0 Å². The van der Waals surface area contributed by atoms with Crippen LogP contribution in [-0.2, 0) is 0 Å². The minimum absolute atomic E-state index is 0.0394. The quantitative estimate of drug-likeness (QED) is 0.634. The smallest absolute Gasteiger partial charge is 0.186 e. The van der Waals surface area contributed by atoms with E-state index in [0.717, 1.165) is 0 Å². The molecular weight excluding hydrogens is 216 g/mol. The third-order valence-electron chi connectivity index (χ3n) is 2.78. The molecule has 0 saturated heterocycles. The first kappa shape index (κ1) is 12.1. The SMILES string of the molecule is N#CC1=C(N)C(C#N)(C#N)CC(C#N)(C#N)C1. The fourth-order valence-electron chi connectivity index (χ4n) is 1.77.